The third-order valence-corrected chi connectivity index (χ3v) is 6.76. The molecule has 1 heterocycles. The third kappa shape index (κ3) is 4.02. The summed E-state index contributed by atoms with van der Waals surface area (Å²) in [6, 6.07) is 16.6. The Hall–Kier alpha value is -1.49. The number of hydrogen-bond acceptors (Lipinski definition) is 4. The van der Waals surface area contributed by atoms with Gasteiger partial charge in [-0.3, -0.25) is 9.59 Å². The molecular formula is C20H17ClO2S2. The minimum Gasteiger partial charge on any atom is -0.294 e. The number of benzene rings is 2. The molecule has 0 N–H and O–H groups in total. The first-order chi connectivity index (χ1) is 12.1. The predicted octanol–water partition coefficient (Wildman–Crippen LogP) is 5.93. The molecule has 1 aliphatic rings. The molecule has 0 amide bonds. The van der Waals surface area contributed by atoms with Gasteiger partial charge in [0.15, 0.2) is 11.6 Å². The third-order valence-electron chi connectivity index (χ3n) is 3.89. The number of ketones is 2. The maximum absolute atomic E-state index is 12.9. The van der Waals surface area contributed by atoms with Crippen LogP contribution in [-0.2, 0) is 4.79 Å². The van der Waals surface area contributed by atoms with Crippen LogP contribution in [0.4, 0.5) is 0 Å². The Kier molecular flexibility index (Phi) is 6.05. The fraction of sp³-hybridized carbons (Fsp3) is 0.200. The number of rotatable bonds is 5. The van der Waals surface area contributed by atoms with Crippen molar-refractivity contribution in [1.29, 1.82) is 0 Å². The molecule has 0 aromatic heterocycles. The van der Waals surface area contributed by atoms with Crippen LogP contribution >= 0.6 is 35.1 Å². The molecule has 0 radical (unpaired) electrons. The molecule has 2 nitrogen and oxygen atoms in total. The summed E-state index contributed by atoms with van der Waals surface area (Å²) in [5, 5.41) is 0.606. The zero-order valence-corrected chi connectivity index (χ0v) is 16.1. The van der Waals surface area contributed by atoms with Gasteiger partial charge in [-0.2, -0.15) is 0 Å². The quantitative estimate of drug-likeness (QED) is 0.469. The monoisotopic (exact) mass is 388 g/mol. The van der Waals surface area contributed by atoms with Gasteiger partial charge in [0.25, 0.3) is 0 Å². The van der Waals surface area contributed by atoms with E-state index in [2.05, 4.69) is 0 Å². The van der Waals surface area contributed by atoms with Crippen LogP contribution in [0.3, 0.4) is 0 Å². The van der Waals surface area contributed by atoms with E-state index in [1.54, 1.807) is 35.7 Å². The largest absolute Gasteiger partial charge is 0.294 e. The Morgan fingerprint density at radius 2 is 1.84 bits per heavy atom. The van der Waals surface area contributed by atoms with E-state index in [9.17, 15) is 9.59 Å². The minimum atomic E-state index is -0.188. The molecule has 5 heteroatoms. The molecule has 25 heavy (non-hydrogen) atoms. The Morgan fingerprint density at radius 1 is 1.16 bits per heavy atom. The molecule has 2 aromatic carbocycles. The summed E-state index contributed by atoms with van der Waals surface area (Å²) in [5.41, 5.74) is 1.83. The van der Waals surface area contributed by atoms with Crippen molar-refractivity contribution < 1.29 is 9.59 Å². The van der Waals surface area contributed by atoms with Gasteiger partial charge in [-0.15, -0.1) is 23.5 Å². The number of Topliss-reactive ketones (excluding diaryl/α,β-unsaturated/α-hetero) is 2. The van der Waals surface area contributed by atoms with Gasteiger partial charge in [-0.1, -0.05) is 67.1 Å². The van der Waals surface area contributed by atoms with E-state index in [4.69, 9.17) is 11.6 Å². The van der Waals surface area contributed by atoms with Crippen LogP contribution in [0.5, 0.6) is 0 Å². The summed E-state index contributed by atoms with van der Waals surface area (Å²) in [6.07, 6.45) is 0.288. The highest BCUT2D eigenvalue weighted by Gasteiger charge is 2.34. The van der Waals surface area contributed by atoms with Gasteiger partial charge in [-0.25, -0.2) is 0 Å². The van der Waals surface area contributed by atoms with Gasteiger partial charge in [0.05, 0.1) is 9.81 Å². The topological polar surface area (TPSA) is 34.1 Å². The highest BCUT2D eigenvalue weighted by Crippen LogP contribution is 2.49. The van der Waals surface area contributed by atoms with Crippen molar-refractivity contribution in [2.24, 2.45) is 0 Å². The fourth-order valence-electron chi connectivity index (χ4n) is 2.71. The molecule has 128 valence electrons. The van der Waals surface area contributed by atoms with Crippen molar-refractivity contribution in [3.8, 4) is 0 Å². The fourth-order valence-corrected chi connectivity index (χ4v) is 5.78. The van der Waals surface area contributed by atoms with Crippen molar-refractivity contribution in [2.75, 3.05) is 5.75 Å². The number of carbonyl (C=O) groups is 2. The zero-order chi connectivity index (χ0) is 17.8. The predicted molar refractivity (Wildman–Crippen MR) is 107 cm³/mol. The standard InChI is InChI=1S/C20H17ClO2S2/c1-2-24-20-18(19(23)13-8-4-3-5-9-13)16(22)12-17(25-20)14-10-6-7-11-15(14)21/h3-11,17H,2,12H2,1H3. The van der Waals surface area contributed by atoms with Gasteiger partial charge >= 0.3 is 0 Å². The van der Waals surface area contributed by atoms with Crippen molar-refractivity contribution in [1.82, 2.24) is 0 Å². The molecule has 2 aromatic rings. The van der Waals surface area contributed by atoms with Gasteiger partial charge < -0.3 is 0 Å². The van der Waals surface area contributed by atoms with Crippen LogP contribution in [-0.4, -0.2) is 17.3 Å². The molecule has 1 aliphatic heterocycles. The molecule has 1 atom stereocenters. The van der Waals surface area contributed by atoms with Crippen LogP contribution < -0.4 is 0 Å². The SMILES string of the molecule is CCSC1=C(C(=O)c2ccccc2)C(=O)CC(c2ccccc2Cl)S1. The number of thioether (sulfide) groups is 2. The van der Waals surface area contributed by atoms with E-state index in [-0.39, 0.29) is 23.2 Å². The van der Waals surface area contributed by atoms with Gasteiger partial charge in [-0.05, 0) is 17.4 Å². The second kappa shape index (κ2) is 8.26. The van der Waals surface area contributed by atoms with Crippen LogP contribution in [0.1, 0.15) is 34.5 Å². The molecule has 0 aliphatic carbocycles. The van der Waals surface area contributed by atoms with Gasteiger partial charge in [0.2, 0.25) is 0 Å². The van der Waals surface area contributed by atoms with Crippen LogP contribution in [0.25, 0.3) is 0 Å². The Labute approximate surface area is 161 Å². The first-order valence-corrected chi connectivity index (χ1v) is 10.3. The molecule has 0 saturated heterocycles. The van der Waals surface area contributed by atoms with Crippen molar-refractivity contribution >= 4 is 46.7 Å². The van der Waals surface area contributed by atoms with E-state index in [0.717, 1.165) is 15.6 Å². The number of hydrogen-bond donors (Lipinski definition) is 0. The minimum absolute atomic E-state index is 0.0532. The summed E-state index contributed by atoms with van der Waals surface area (Å²) in [6.45, 7) is 2.02. The summed E-state index contributed by atoms with van der Waals surface area (Å²) in [5.74, 6) is 0.510. The lowest BCUT2D eigenvalue weighted by Crippen LogP contribution is -2.20. The van der Waals surface area contributed by atoms with E-state index in [1.807, 2.05) is 49.4 Å². The molecule has 1 unspecified atom stereocenters. The van der Waals surface area contributed by atoms with Gasteiger partial charge in [0, 0.05) is 22.3 Å². The second-order valence-electron chi connectivity index (χ2n) is 5.55. The van der Waals surface area contributed by atoms with Crippen LogP contribution in [0.2, 0.25) is 5.02 Å². The maximum Gasteiger partial charge on any atom is 0.198 e. The summed E-state index contributed by atoms with van der Waals surface area (Å²) >= 11 is 9.43. The van der Waals surface area contributed by atoms with Crippen LogP contribution in [0, 0.1) is 0 Å². The molecular weight excluding hydrogens is 372 g/mol. The second-order valence-corrected chi connectivity index (χ2v) is 8.70. The van der Waals surface area contributed by atoms with E-state index in [0.29, 0.717) is 16.2 Å². The van der Waals surface area contributed by atoms with E-state index in [1.165, 1.54) is 0 Å². The van der Waals surface area contributed by atoms with Crippen LogP contribution in [0.15, 0.2) is 64.4 Å². The molecule has 0 saturated carbocycles. The van der Waals surface area contributed by atoms with Crippen molar-refractivity contribution in [3.05, 3.63) is 80.6 Å². The molecule has 0 spiro atoms. The summed E-state index contributed by atoms with van der Waals surface area (Å²) in [7, 11) is 0. The summed E-state index contributed by atoms with van der Waals surface area (Å²) < 4.78 is 0.803. The number of carbonyl (C=O) groups excluding carboxylic acids is 2. The van der Waals surface area contributed by atoms with Crippen molar-refractivity contribution in [3.63, 3.8) is 0 Å². The first kappa shape index (κ1) is 18.3. The Bertz CT molecular complexity index is 831. The lowest BCUT2D eigenvalue weighted by Gasteiger charge is -2.25. The lowest BCUT2D eigenvalue weighted by molar-refractivity contribution is -0.115. The average molecular weight is 389 g/mol. The smallest absolute Gasteiger partial charge is 0.198 e. The van der Waals surface area contributed by atoms with Crippen molar-refractivity contribution in [2.45, 2.75) is 18.6 Å². The molecule has 0 fully saturated rings. The highest BCUT2D eigenvalue weighted by atomic mass is 35.5. The zero-order valence-electron chi connectivity index (χ0n) is 13.7. The first-order valence-electron chi connectivity index (χ1n) is 8.03. The molecule has 0 bridgehead atoms. The normalized spacial score (nSPS) is 17.7. The number of allylic oxidation sites excluding steroid dienone is 1. The van der Waals surface area contributed by atoms with Gasteiger partial charge in [0.1, 0.15) is 0 Å². The molecule has 3 rings (SSSR count). The highest BCUT2D eigenvalue weighted by molar-refractivity contribution is 8.22. The summed E-state index contributed by atoms with van der Waals surface area (Å²) in [4.78, 5) is 25.7. The Balaban J connectivity index is 1.99. The van der Waals surface area contributed by atoms with E-state index >= 15 is 0 Å². The lowest BCUT2D eigenvalue weighted by atomic mass is 9.96. The Morgan fingerprint density at radius 3 is 2.52 bits per heavy atom. The average Bonchev–Trinajstić information content (AvgIpc) is 2.62. The number of halogens is 1. The van der Waals surface area contributed by atoms with E-state index < -0.39 is 0 Å². The maximum atomic E-state index is 12.9.